The van der Waals surface area contributed by atoms with Crippen LogP contribution in [0.5, 0.6) is 0 Å². The van der Waals surface area contributed by atoms with Crippen molar-refractivity contribution in [3.8, 4) is 0 Å². The highest BCUT2D eigenvalue weighted by Gasteiger charge is 2.07. The number of hydrogen-bond donors (Lipinski definition) is 1. The fourth-order valence-corrected chi connectivity index (χ4v) is 1.95. The standard InChI is InChI=1S/C13H30N2/c1-5-8-9-10-13(14-4)11-12-15(6-2)7-3/h13-14H,5-12H2,1-4H3. The third-order valence-electron chi connectivity index (χ3n) is 3.25. The fourth-order valence-electron chi connectivity index (χ4n) is 1.95. The Bertz CT molecular complexity index is 122. The van der Waals surface area contributed by atoms with Gasteiger partial charge in [-0.05, 0) is 39.5 Å². The molecule has 1 unspecified atom stereocenters. The van der Waals surface area contributed by atoms with Gasteiger partial charge in [-0.1, -0.05) is 40.0 Å². The van der Waals surface area contributed by atoms with Gasteiger partial charge in [0.05, 0.1) is 0 Å². The molecular formula is C13H30N2. The molecule has 0 aromatic rings. The van der Waals surface area contributed by atoms with Gasteiger partial charge >= 0.3 is 0 Å². The van der Waals surface area contributed by atoms with Crippen LogP contribution < -0.4 is 5.32 Å². The number of nitrogens with one attached hydrogen (secondary N) is 1. The molecule has 0 fully saturated rings. The highest BCUT2D eigenvalue weighted by atomic mass is 15.1. The first-order valence-corrected chi connectivity index (χ1v) is 6.68. The van der Waals surface area contributed by atoms with Crippen LogP contribution in [-0.4, -0.2) is 37.6 Å². The molecule has 0 rings (SSSR count). The molecule has 0 aliphatic rings. The average molecular weight is 214 g/mol. The van der Waals surface area contributed by atoms with Crippen molar-refractivity contribution < 1.29 is 0 Å². The summed E-state index contributed by atoms with van der Waals surface area (Å²) in [6, 6.07) is 0.720. The van der Waals surface area contributed by atoms with Crippen molar-refractivity contribution in [1.29, 1.82) is 0 Å². The zero-order valence-electron chi connectivity index (χ0n) is 11.2. The molecule has 0 aromatic carbocycles. The Hall–Kier alpha value is -0.0800. The summed E-state index contributed by atoms with van der Waals surface area (Å²) in [5.41, 5.74) is 0. The Morgan fingerprint density at radius 3 is 2.13 bits per heavy atom. The van der Waals surface area contributed by atoms with Crippen LogP contribution in [0.3, 0.4) is 0 Å². The molecular weight excluding hydrogens is 184 g/mol. The van der Waals surface area contributed by atoms with Gasteiger partial charge in [0, 0.05) is 6.04 Å². The zero-order chi connectivity index (χ0) is 11.5. The maximum absolute atomic E-state index is 3.44. The van der Waals surface area contributed by atoms with Crippen molar-refractivity contribution in [2.45, 2.75) is 58.9 Å². The molecule has 92 valence electrons. The van der Waals surface area contributed by atoms with E-state index >= 15 is 0 Å². The monoisotopic (exact) mass is 214 g/mol. The van der Waals surface area contributed by atoms with Crippen LogP contribution in [0, 0.1) is 0 Å². The van der Waals surface area contributed by atoms with Crippen LogP contribution in [0.4, 0.5) is 0 Å². The number of hydrogen-bond acceptors (Lipinski definition) is 2. The van der Waals surface area contributed by atoms with Crippen molar-refractivity contribution in [3.05, 3.63) is 0 Å². The van der Waals surface area contributed by atoms with Gasteiger partial charge in [-0.15, -0.1) is 0 Å². The molecule has 0 aliphatic carbocycles. The van der Waals surface area contributed by atoms with E-state index < -0.39 is 0 Å². The average Bonchev–Trinajstić information content (AvgIpc) is 2.28. The minimum absolute atomic E-state index is 0.720. The van der Waals surface area contributed by atoms with Crippen LogP contribution in [-0.2, 0) is 0 Å². The Labute approximate surface area is 96.4 Å². The molecule has 0 saturated heterocycles. The molecule has 0 heterocycles. The fraction of sp³-hybridized carbons (Fsp3) is 1.00. The van der Waals surface area contributed by atoms with Crippen molar-refractivity contribution in [3.63, 3.8) is 0 Å². The Morgan fingerprint density at radius 1 is 1.00 bits per heavy atom. The first kappa shape index (κ1) is 14.9. The van der Waals surface area contributed by atoms with E-state index in [0.29, 0.717) is 0 Å². The molecule has 2 nitrogen and oxygen atoms in total. The van der Waals surface area contributed by atoms with Crippen molar-refractivity contribution in [2.75, 3.05) is 26.7 Å². The minimum Gasteiger partial charge on any atom is -0.317 e. The lowest BCUT2D eigenvalue weighted by molar-refractivity contribution is 0.279. The lowest BCUT2D eigenvalue weighted by atomic mass is 10.1. The predicted octanol–water partition coefficient (Wildman–Crippen LogP) is 2.89. The second-order valence-electron chi connectivity index (χ2n) is 4.30. The molecule has 2 heteroatoms. The summed E-state index contributed by atoms with van der Waals surface area (Å²) in [6.45, 7) is 10.4. The first-order valence-electron chi connectivity index (χ1n) is 6.68. The molecule has 15 heavy (non-hydrogen) atoms. The number of rotatable bonds is 10. The summed E-state index contributed by atoms with van der Waals surface area (Å²) in [5.74, 6) is 0. The van der Waals surface area contributed by atoms with Crippen LogP contribution in [0.25, 0.3) is 0 Å². The third kappa shape index (κ3) is 7.80. The van der Waals surface area contributed by atoms with E-state index in [9.17, 15) is 0 Å². The summed E-state index contributed by atoms with van der Waals surface area (Å²) < 4.78 is 0. The molecule has 0 bridgehead atoms. The normalized spacial score (nSPS) is 13.4. The van der Waals surface area contributed by atoms with Crippen LogP contribution >= 0.6 is 0 Å². The lowest BCUT2D eigenvalue weighted by Gasteiger charge is -2.22. The van der Waals surface area contributed by atoms with E-state index in [4.69, 9.17) is 0 Å². The van der Waals surface area contributed by atoms with Crippen molar-refractivity contribution in [2.24, 2.45) is 0 Å². The summed E-state index contributed by atoms with van der Waals surface area (Å²) in [5, 5.41) is 3.44. The molecule has 0 amide bonds. The van der Waals surface area contributed by atoms with E-state index in [1.54, 1.807) is 0 Å². The Balaban J connectivity index is 3.59. The third-order valence-corrected chi connectivity index (χ3v) is 3.25. The van der Waals surface area contributed by atoms with Gasteiger partial charge in [-0.25, -0.2) is 0 Å². The van der Waals surface area contributed by atoms with E-state index in [1.165, 1.54) is 51.7 Å². The van der Waals surface area contributed by atoms with E-state index in [-0.39, 0.29) is 0 Å². The molecule has 1 atom stereocenters. The largest absolute Gasteiger partial charge is 0.317 e. The SMILES string of the molecule is CCCCCC(CCN(CC)CC)NC. The zero-order valence-corrected chi connectivity index (χ0v) is 11.2. The quantitative estimate of drug-likeness (QED) is 0.563. The van der Waals surface area contributed by atoms with Gasteiger partial charge in [-0.2, -0.15) is 0 Å². The van der Waals surface area contributed by atoms with Crippen LogP contribution in [0.15, 0.2) is 0 Å². The van der Waals surface area contributed by atoms with E-state index in [0.717, 1.165) is 6.04 Å². The summed E-state index contributed by atoms with van der Waals surface area (Å²) in [6.07, 6.45) is 6.71. The molecule has 0 saturated carbocycles. The predicted molar refractivity (Wildman–Crippen MR) is 69.4 cm³/mol. The van der Waals surface area contributed by atoms with Crippen LogP contribution in [0.1, 0.15) is 52.9 Å². The minimum atomic E-state index is 0.720. The van der Waals surface area contributed by atoms with Crippen molar-refractivity contribution in [1.82, 2.24) is 10.2 Å². The summed E-state index contributed by atoms with van der Waals surface area (Å²) in [4.78, 5) is 2.50. The smallest absolute Gasteiger partial charge is 0.00762 e. The highest BCUT2D eigenvalue weighted by Crippen LogP contribution is 2.07. The molecule has 1 N–H and O–H groups in total. The maximum Gasteiger partial charge on any atom is 0.00762 e. The number of nitrogens with zero attached hydrogens (tertiary/aromatic N) is 1. The summed E-state index contributed by atoms with van der Waals surface area (Å²) in [7, 11) is 2.10. The summed E-state index contributed by atoms with van der Waals surface area (Å²) >= 11 is 0. The van der Waals surface area contributed by atoms with E-state index in [2.05, 4.69) is 38.0 Å². The van der Waals surface area contributed by atoms with Gasteiger partial charge in [0.25, 0.3) is 0 Å². The highest BCUT2D eigenvalue weighted by molar-refractivity contribution is 4.67. The Morgan fingerprint density at radius 2 is 1.67 bits per heavy atom. The van der Waals surface area contributed by atoms with Gasteiger partial charge in [0.15, 0.2) is 0 Å². The molecule has 0 aromatic heterocycles. The van der Waals surface area contributed by atoms with Crippen molar-refractivity contribution >= 4 is 0 Å². The topological polar surface area (TPSA) is 15.3 Å². The maximum atomic E-state index is 3.44. The van der Waals surface area contributed by atoms with Crippen LogP contribution in [0.2, 0.25) is 0 Å². The first-order chi connectivity index (χ1) is 7.28. The molecule has 0 spiro atoms. The van der Waals surface area contributed by atoms with E-state index in [1.807, 2.05) is 0 Å². The molecule has 0 aliphatic heterocycles. The Kier molecular flexibility index (Phi) is 10.4. The van der Waals surface area contributed by atoms with Gasteiger partial charge in [-0.3, -0.25) is 0 Å². The lowest BCUT2D eigenvalue weighted by Crippen LogP contribution is -2.32. The second kappa shape index (κ2) is 10.4. The van der Waals surface area contributed by atoms with Gasteiger partial charge < -0.3 is 10.2 Å². The number of unbranched alkanes of at least 4 members (excludes halogenated alkanes) is 2. The molecule has 0 radical (unpaired) electrons. The van der Waals surface area contributed by atoms with Gasteiger partial charge in [0.1, 0.15) is 0 Å². The second-order valence-corrected chi connectivity index (χ2v) is 4.30. The van der Waals surface area contributed by atoms with Gasteiger partial charge in [0.2, 0.25) is 0 Å².